The quantitative estimate of drug-likeness (QED) is 0.733. The van der Waals surface area contributed by atoms with Crippen LogP contribution in [-0.2, 0) is 14.3 Å². The number of carbonyl (C=O) groups is 2. The summed E-state index contributed by atoms with van der Waals surface area (Å²) in [5.41, 5.74) is 2.33. The molecule has 0 aliphatic carbocycles. The molecule has 0 saturated carbocycles. The number of benzene rings is 2. The van der Waals surface area contributed by atoms with Crippen LogP contribution in [0.2, 0.25) is 5.02 Å². The van der Waals surface area contributed by atoms with Crippen LogP contribution in [0.3, 0.4) is 0 Å². The Bertz CT molecular complexity index is 1000. The zero-order valence-corrected chi connectivity index (χ0v) is 16.2. The summed E-state index contributed by atoms with van der Waals surface area (Å²) < 4.78 is 16.2. The smallest absolute Gasteiger partial charge is 0.336 e. The van der Waals surface area contributed by atoms with E-state index in [0.717, 1.165) is 0 Å². The standard InChI is InChI=1S/C21H18ClNO5/c1-26-17-8-4-7-14(20(17)27-2)15-10-18(24)23(13-6-3-5-12(22)9-13)16-11-28-21(25)19(15)16/h3-9,15H,10-11H2,1-2H3/t15-/m0/s1. The second-order valence-corrected chi connectivity index (χ2v) is 6.92. The number of methoxy groups -OCH3 is 2. The predicted octanol–water partition coefficient (Wildman–Crippen LogP) is 3.69. The number of halogens is 1. The first kappa shape index (κ1) is 18.4. The van der Waals surface area contributed by atoms with Crippen molar-refractivity contribution in [1.29, 1.82) is 0 Å². The van der Waals surface area contributed by atoms with Gasteiger partial charge >= 0.3 is 5.97 Å². The average molecular weight is 400 g/mol. The summed E-state index contributed by atoms with van der Waals surface area (Å²) in [6.07, 6.45) is 0.101. The molecule has 1 atom stereocenters. The van der Waals surface area contributed by atoms with Gasteiger partial charge in [0.2, 0.25) is 5.91 Å². The van der Waals surface area contributed by atoms with Gasteiger partial charge in [-0.25, -0.2) is 4.79 Å². The van der Waals surface area contributed by atoms with Crippen LogP contribution in [0.25, 0.3) is 0 Å². The van der Waals surface area contributed by atoms with Crippen molar-refractivity contribution in [3.05, 3.63) is 64.3 Å². The van der Waals surface area contributed by atoms with E-state index in [9.17, 15) is 9.59 Å². The number of para-hydroxylation sites is 1. The van der Waals surface area contributed by atoms with Gasteiger partial charge in [-0.05, 0) is 24.3 Å². The van der Waals surface area contributed by atoms with Crippen LogP contribution in [-0.4, -0.2) is 32.7 Å². The van der Waals surface area contributed by atoms with Crippen LogP contribution in [0.4, 0.5) is 5.69 Å². The molecule has 0 radical (unpaired) electrons. The van der Waals surface area contributed by atoms with Gasteiger partial charge in [-0.2, -0.15) is 0 Å². The average Bonchev–Trinajstić information content (AvgIpc) is 3.08. The van der Waals surface area contributed by atoms with Crippen molar-refractivity contribution in [2.75, 3.05) is 25.7 Å². The fourth-order valence-corrected chi connectivity index (χ4v) is 4.01. The normalized spacial score (nSPS) is 18.8. The van der Waals surface area contributed by atoms with E-state index < -0.39 is 11.9 Å². The molecule has 28 heavy (non-hydrogen) atoms. The lowest BCUT2D eigenvalue weighted by Crippen LogP contribution is -2.37. The zero-order chi connectivity index (χ0) is 19.8. The van der Waals surface area contributed by atoms with E-state index in [2.05, 4.69) is 0 Å². The Morgan fingerprint density at radius 1 is 1.11 bits per heavy atom. The molecule has 2 aliphatic rings. The highest BCUT2D eigenvalue weighted by atomic mass is 35.5. The lowest BCUT2D eigenvalue weighted by Gasteiger charge is -2.32. The molecule has 0 unspecified atom stereocenters. The van der Waals surface area contributed by atoms with E-state index in [1.807, 2.05) is 12.1 Å². The Balaban J connectivity index is 1.87. The molecule has 1 amide bonds. The van der Waals surface area contributed by atoms with Gasteiger partial charge in [0.25, 0.3) is 0 Å². The van der Waals surface area contributed by atoms with E-state index in [0.29, 0.717) is 39.0 Å². The van der Waals surface area contributed by atoms with E-state index >= 15 is 0 Å². The first-order chi connectivity index (χ1) is 13.5. The fourth-order valence-electron chi connectivity index (χ4n) is 3.82. The van der Waals surface area contributed by atoms with Gasteiger partial charge in [-0.1, -0.05) is 29.8 Å². The topological polar surface area (TPSA) is 65.1 Å². The Morgan fingerprint density at radius 3 is 2.61 bits per heavy atom. The maximum absolute atomic E-state index is 13.1. The monoisotopic (exact) mass is 399 g/mol. The second kappa shape index (κ2) is 7.20. The number of amides is 1. The molecule has 2 aromatic rings. The van der Waals surface area contributed by atoms with Gasteiger partial charge in [0.1, 0.15) is 6.61 Å². The Labute approximate surface area is 167 Å². The van der Waals surface area contributed by atoms with Crippen LogP contribution >= 0.6 is 11.6 Å². The molecule has 0 saturated heterocycles. The highest BCUT2D eigenvalue weighted by Gasteiger charge is 2.44. The minimum absolute atomic E-state index is 0.0369. The molecular weight excluding hydrogens is 382 g/mol. The lowest BCUT2D eigenvalue weighted by molar-refractivity contribution is -0.136. The van der Waals surface area contributed by atoms with Crippen molar-refractivity contribution in [3.63, 3.8) is 0 Å². The van der Waals surface area contributed by atoms with Gasteiger partial charge in [0, 0.05) is 22.9 Å². The van der Waals surface area contributed by atoms with Crippen LogP contribution in [0.15, 0.2) is 53.7 Å². The second-order valence-electron chi connectivity index (χ2n) is 6.48. The maximum Gasteiger partial charge on any atom is 0.336 e. The number of ether oxygens (including phenoxy) is 3. The summed E-state index contributed by atoms with van der Waals surface area (Å²) in [5.74, 6) is 0.000337. The molecule has 0 N–H and O–H groups in total. The number of rotatable bonds is 4. The minimum atomic E-state index is -0.474. The third-order valence-electron chi connectivity index (χ3n) is 4.99. The molecule has 0 bridgehead atoms. The number of cyclic esters (lactones) is 1. The van der Waals surface area contributed by atoms with E-state index in [1.165, 1.54) is 12.0 Å². The highest BCUT2D eigenvalue weighted by molar-refractivity contribution is 6.31. The summed E-state index contributed by atoms with van der Waals surface area (Å²) in [6.45, 7) is 0.0369. The molecular formula is C21H18ClNO5. The number of nitrogens with zero attached hydrogens (tertiary/aromatic N) is 1. The third-order valence-corrected chi connectivity index (χ3v) is 5.23. The highest BCUT2D eigenvalue weighted by Crippen LogP contribution is 2.46. The van der Waals surface area contributed by atoms with Crippen LogP contribution in [0.5, 0.6) is 11.5 Å². The summed E-state index contributed by atoms with van der Waals surface area (Å²) in [6, 6.07) is 12.4. The largest absolute Gasteiger partial charge is 0.493 e. The van der Waals surface area contributed by atoms with E-state index in [1.54, 1.807) is 37.4 Å². The van der Waals surface area contributed by atoms with Crippen molar-refractivity contribution in [2.45, 2.75) is 12.3 Å². The van der Waals surface area contributed by atoms with Crippen LogP contribution in [0.1, 0.15) is 17.9 Å². The van der Waals surface area contributed by atoms with Crippen molar-refractivity contribution < 1.29 is 23.8 Å². The molecule has 0 aromatic heterocycles. The molecule has 2 heterocycles. The SMILES string of the molecule is COc1cccc([C@@H]2CC(=O)N(c3cccc(Cl)c3)C3=C2C(=O)OC3)c1OC. The molecule has 2 aromatic carbocycles. The predicted molar refractivity (Wildman–Crippen MR) is 104 cm³/mol. The zero-order valence-electron chi connectivity index (χ0n) is 15.4. The van der Waals surface area contributed by atoms with Crippen LogP contribution in [0, 0.1) is 0 Å². The third kappa shape index (κ3) is 2.90. The van der Waals surface area contributed by atoms with Gasteiger partial charge in [-0.15, -0.1) is 0 Å². The maximum atomic E-state index is 13.1. The molecule has 6 nitrogen and oxygen atoms in total. The van der Waals surface area contributed by atoms with E-state index in [4.69, 9.17) is 25.8 Å². The van der Waals surface area contributed by atoms with Crippen LogP contribution < -0.4 is 14.4 Å². The number of esters is 1. The van der Waals surface area contributed by atoms with Gasteiger partial charge in [0.15, 0.2) is 11.5 Å². The Morgan fingerprint density at radius 2 is 1.89 bits per heavy atom. The van der Waals surface area contributed by atoms with E-state index in [-0.39, 0.29) is 18.9 Å². The molecule has 7 heteroatoms. The first-order valence-corrected chi connectivity index (χ1v) is 9.12. The van der Waals surface area contributed by atoms with Gasteiger partial charge in [0.05, 0.1) is 31.2 Å². The van der Waals surface area contributed by atoms with Crippen molar-refractivity contribution in [3.8, 4) is 11.5 Å². The van der Waals surface area contributed by atoms with Gasteiger partial charge in [-0.3, -0.25) is 9.69 Å². The minimum Gasteiger partial charge on any atom is -0.493 e. The number of hydrogen-bond acceptors (Lipinski definition) is 5. The molecule has 144 valence electrons. The van der Waals surface area contributed by atoms with Gasteiger partial charge < -0.3 is 14.2 Å². The first-order valence-electron chi connectivity index (χ1n) is 8.74. The molecule has 2 aliphatic heterocycles. The number of hydrogen-bond donors (Lipinski definition) is 0. The Hall–Kier alpha value is -2.99. The van der Waals surface area contributed by atoms with Crippen molar-refractivity contribution in [2.24, 2.45) is 0 Å². The molecule has 0 spiro atoms. The molecule has 0 fully saturated rings. The summed E-state index contributed by atoms with van der Waals surface area (Å²) >= 11 is 6.10. The Kier molecular flexibility index (Phi) is 4.73. The fraction of sp³-hybridized carbons (Fsp3) is 0.238. The van der Waals surface area contributed by atoms with Crippen molar-refractivity contribution >= 4 is 29.2 Å². The number of anilines is 1. The molecule has 4 rings (SSSR count). The summed E-state index contributed by atoms with van der Waals surface area (Å²) in [7, 11) is 3.08. The summed E-state index contributed by atoms with van der Waals surface area (Å²) in [4.78, 5) is 27.2. The number of carbonyl (C=O) groups excluding carboxylic acids is 2. The summed E-state index contributed by atoms with van der Waals surface area (Å²) in [5, 5.41) is 0.509. The lowest BCUT2D eigenvalue weighted by atomic mass is 9.83. The van der Waals surface area contributed by atoms with Crippen molar-refractivity contribution in [1.82, 2.24) is 0 Å².